The van der Waals surface area contributed by atoms with Crippen LogP contribution < -0.4 is 0 Å². The largest absolute Gasteiger partial charge is 0.394 e. The lowest BCUT2D eigenvalue weighted by atomic mass is 9.94. The molecule has 1 saturated heterocycles. The van der Waals surface area contributed by atoms with E-state index in [4.69, 9.17) is 14.6 Å². The molecule has 92 valence electrons. The van der Waals surface area contributed by atoms with Crippen molar-refractivity contribution >= 4 is 0 Å². The van der Waals surface area contributed by atoms with E-state index in [1.54, 1.807) is 6.08 Å². The van der Waals surface area contributed by atoms with Gasteiger partial charge in [0.25, 0.3) is 0 Å². The summed E-state index contributed by atoms with van der Waals surface area (Å²) in [4.78, 5) is 0. The van der Waals surface area contributed by atoms with Crippen LogP contribution in [0.3, 0.4) is 0 Å². The fraction of sp³-hybridized carbons (Fsp3) is 0.833. The Kier molecular flexibility index (Phi) is 3.64. The minimum atomic E-state index is -0.899. The van der Waals surface area contributed by atoms with E-state index in [-0.39, 0.29) is 12.7 Å². The molecular weight excluding hydrogens is 208 g/mol. The molecule has 2 fully saturated rings. The Morgan fingerprint density at radius 2 is 2.00 bits per heavy atom. The minimum absolute atomic E-state index is 0.311. The van der Waals surface area contributed by atoms with Crippen molar-refractivity contribution < 1.29 is 19.7 Å². The van der Waals surface area contributed by atoms with Crippen molar-refractivity contribution in [2.45, 2.75) is 56.2 Å². The first-order chi connectivity index (χ1) is 7.71. The fourth-order valence-corrected chi connectivity index (χ4v) is 2.57. The van der Waals surface area contributed by atoms with Crippen molar-refractivity contribution in [3.63, 3.8) is 0 Å². The van der Waals surface area contributed by atoms with Gasteiger partial charge in [0, 0.05) is 12.8 Å². The molecule has 0 amide bonds. The SMILES string of the molecule is C=C[C@@H]1OC2(CCCCC2)O[C@@H]1C(O)CO. The van der Waals surface area contributed by atoms with Crippen LogP contribution in [0.2, 0.25) is 0 Å². The Morgan fingerprint density at radius 1 is 1.31 bits per heavy atom. The summed E-state index contributed by atoms with van der Waals surface area (Å²) in [7, 11) is 0. The first kappa shape index (κ1) is 12.0. The summed E-state index contributed by atoms with van der Waals surface area (Å²) in [6.07, 6.45) is 5.06. The van der Waals surface area contributed by atoms with Crippen LogP contribution in [-0.4, -0.2) is 40.9 Å². The number of hydrogen-bond donors (Lipinski definition) is 2. The summed E-state index contributed by atoms with van der Waals surface area (Å²) in [5.41, 5.74) is 0. The summed E-state index contributed by atoms with van der Waals surface area (Å²) in [6.45, 7) is 3.38. The van der Waals surface area contributed by atoms with E-state index >= 15 is 0 Å². The zero-order chi connectivity index (χ0) is 11.6. The zero-order valence-electron chi connectivity index (χ0n) is 9.47. The Labute approximate surface area is 95.9 Å². The van der Waals surface area contributed by atoms with Gasteiger partial charge in [-0.25, -0.2) is 0 Å². The van der Waals surface area contributed by atoms with Crippen LogP contribution >= 0.6 is 0 Å². The molecule has 2 rings (SSSR count). The molecule has 2 N–H and O–H groups in total. The lowest BCUT2D eigenvalue weighted by Gasteiger charge is -2.32. The first-order valence-corrected chi connectivity index (χ1v) is 5.98. The smallest absolute Gasteiger partial charge is 0.169 e. The summed E-state index contributed by atoms with van der Waals surface area (Å²) < 4.78 is 11.7. The Balaban J connectivity index is 2.07. The quantitative estimate of drug-likeness (QED) is 0.707. The highest BCUT2D eigenvalue weighted by atomic mass is 16.8. The Bertz CT molecular complexity index is 247. The van der Waals surface area contributed by atoms with Crippen molar-refractivity contribution in [3.05, 3.63) is 12.7 Å². The molecule has 0 radical (unpaired) electrons. The average molecular weight is 228 g/mol. The lowest BCUT2D eigenvalue weighted by molar-refractivity contribution is -0.199. The van der Waals surface area contributed by atoms with E-state index in [1.165, 1.54) is 6.42 Å². The molecule has 3 atom stereocenters. The minimum Gasteiger partial charge on any atom is -0.394 e. The molecule has 4 heteroatoms. The maximum Gasteiger partial charge on any atom is 0.169 e. The molecule has 0 aromatic rings. The summed E-state index contributed by atoms with van der Waals surface area (Å²) in [6, 6.07) is 0. The second kappa shape index (κ2) is 4.84. The summed E-state index contributed by atoms with van der Waals surface area (Å²) in [5.74, 6) is -0.544. The maximum atomic E-state index is 9.67. The van der Waals surface area contributed by atoms with Crippen LogP contribution in [0.1, 0.15) is 32.1 Å². The molecule has 1 aliphatic carbocycles. The van der Waals surface area contributed by atoms with E-state index in [0.29, 0.717) is 0 Å². The van der Waals surface area contributed by atoms with Crippen LogP contribution in [0.4, 0.5) is 0 Å². The van der Waals surface area contributed by atoms with Crippen LogP contribution in [-0.2, 0) is 9.47 Å². The van der Waals surface area contributed by atoms with Gasteiger partial charge in [0.15, 0.2) is 5.79 Å². The molecule has 0 bridgehead atoms. The molecule has 1 spiro atoms. The molecule has 16 heavy (non-hydrogen) atoms. The van der Waals surface area contributed by atoms with Gasteiger partial charge in [-0.15, -0.1) is 6.58 Å². The predicted molar refractivity (Wildman–Crippen MR) is 58.9 cm³/mol. The second-order valence-electron chi connectivity index (χ2n) is 4.62. The van der Waals surface area contributed by atoms with Gasteiger partial charge in [0.05, 0.1) is 6.61 Å². The number of ether oxygens (including phenoxy) is 2. The zero-order valence-corrected chi connectivity index (χ0v) is 9.47. The Morgan fingerprint density at radius 3 is 2.56 bits per heavy atom. The van der Waals surface area contributed by atoms with Crippen molar-refractivity contribution in [2.24, 2.45) is 0 Å². The van der Waals surface area contributed by atoms with E-state index in [0.717, 1.165) is 25.7 Å². The molecule has 1 aliphatic heterocycles. The molecular formula is C12H20O4. The van der Waals surface area contributed by atoms with Crippen LogP contribution in [0, 0.1) is 0 Å². The molecule has 0 aromatic carbocycles. The van der Waals surface area contributed by atoms with Gasteiger partial charge in [0.2, 0.25) is 0 Å². The fourth-order valence-electron chi connectivity index (χ4n) is 2.57. The highest BCUT2D eigenvalue weighted by Crippen LogP contribution is 2.41. The molecule has 1 unspecified atom stereocenters. The molecule has 2 aliphatic rings. The van der Waals surface area contributed by atoms with Crippen LogP contribution in [0.5, 0.6) is 0 Å². The lowest BCUT2D eigenvalue weighted by Crippen LogP contribution is -2.38. The van der Waals surface area contributed by atoms with E-state index in [2.05, 4.69) is 6.58 Å². The van der Waals surface area contributed by atoms with Crippen molar-refractivity contribution in [1.82, 2.24) is 0 Å². The maximum absolute atomic E-state index is 9.67. The van der Waals surface area contributed by atoms with Crippen molar-refractivity contribution in [2.75, 3.05) is 6.61 Å². The highest BCUT2D eigenvalue weighted by Gasteiger charge is 2.49. The van der Waals surface area contributed by atoms with Gasteiger partial charge in [-0.3, -0.25) is 0 Å². The third kappa shape index (κ3) is 2.15. The highest BCUT2D eigenvalue weighted by molar-refractivity contribution is 4.98. The Hall–Kier alpha value is -0.420. The summed E-state index contributed by atoms with van der Waals surface area (Å²) in [5, 5.41) is 18.6. The normalized spacial score (nSPS) is 35.1. The van der Waals surface area contributed by atoms with Crippen molar-refractivity contribution in [3.8, 4) is 0 Å². The second-order valence-corrected chi connectivity index (χ2v) is 4.62. The van der Waals surface area contributed by atoms with E-state index in [9.17, 15) is 5.11 Å². The predicted octanol–water partition coefficient (Wildman–Crippen LogP) is 0.970. The van der Waals surface area contributed by atoms with E-state index in [1.807, 2.05) is 0 Å². The van der Waals surface area contributed by atoms with Gasteiger partial charge < -0.3 is 19.7 Å². The van der Waals surface area contributed by atoms with Gasteiger partial charge in [-0.2, -0.15) is 0 Å². The summed E-state index contributed by atoms with van der Waals surface area (Å²) >= 11 is 0. The number of rotatable bonds is 3. The van der Waals surface area contributed by atoms with Gasteiger partial charge in [0.1, 0.15) is 18.3 Å². The van der Waals surface area contributed by atoms with Gasteiger partial charge in [-0.05, 0) is 12.8 Å². The molecule has 1 saturated carbocycles. The number of aliphatic hydroxyl groups excluding tert-OH is 2. The first-order valence-electron chi connectivity index (χ1n) is 5.98. The topological polar surface area (TPSA) is 58.9 Å². The van der Waals surface area contributed by atoms with Crippen LogP contribution in [0.25, 0.3) is 0 Å². The van der Waals surface area contributed by atoms with Crippen LogP contribution in [0.15, 0.2) is 12.7 Å². The monoisotopic (exact) mass is 228 g/mol. The molecule has 1 heterocycles. The average Bonchev–Trinajstić information content (AvgIpc) is 2.68. The van der Waals surface area contributed by atoms with Gasteiger partial charge >= 0.3 is 0 Å². The number of hydrogen-bond acceptors (Lipinski definition) is 4. The number of aliphatic hydroxyl groups is 2. The van der Waals surface area contributed by atoms with E-state index < -0.39 is 18.0 Å². The molecule has 4 nitrogen and oxygen atoms in total. The third-order valence-corrected chi connectivity index (χ3v) is 3.44. The van der Waals surface area contributed by atoms with Gasteiger partial charge in [-0.1, -0.05) is 12.5 Å². The van der Waals surface area contributed by atoms with Crippen molar-refractivity contribution in [1.29, 1.82) is 0 Å². The standard InChI is InChI=1S/C12H20O4/c1-2-10-11(9(14)8-13)16-12(15-10)6-4-3-5-7-12/h2,9-11,13-14H,1,3-8H2/t9?,10-,11+/m0/s1. The molecule has 0 aromatic heterocycles. The third-order valence-electron chi connectivity index (χ3n) is 3.44.